The van der Waals surface area contributed by atoms with E-state index in [2.05, 4.69) is 22.9 Å². The summed E-state index contributed by atoms with van der Waals surface area (Å²) in [6, 6.07) is 19.2. The molecule has 0 aliphatic carbocycles. The SMILES string of the molecule is COc1ccc(C(CC(=O)N2CCN(c3cccc(C(F)(F)F)c3)CC2)c2cn(C)c3ccccc23)cc1OC. The van der Waals surface area contributed by atoms with Gasteiger partial charge in [0, 0.05) is 68.4 Å². The number of aryl methyl sites for hydroxylation is 1. The van der Waals surface area contributed by atoms with Crippen LogP contribution in [0.1, 0.15) is 29.0 Å². The van der Waals surface area contributed by atoms with Crippen LogP contribution in [0.5, 0.6) is 11.5 Å². The van der Waals surface area contributed by atoms with E-state index >= 15 is 0 Å². The Kier molecular flexibility index (Phi) is 7.65. The summed E-state index contributed by atoms with van der Waals surface area (Å²) in [5.41, 5.74) is 2.90. The number of hydrogen-bond donors (Lipinski definition) is 0. The fraction of sp³-hybridized carbons (Fsp3) is 0.323. The molecule has 1 aliphatic heterocycles. The van der Waals surface area contributed by atoms with Gasteiger partial charge in [0.05, 0.1) is 19.8 Å². The number of carbonyl (C=O) groups excluding carboxylic acids is 1. The number of alkyl halides is 3. The lowest BCUT2D eigenvalue weighted by Crippen LogP contribution is -2.49. The van der Waals surface area contributed by atoms with Crippen LogP contribution in [0, 0.1) is 0 Å². The Balaban J connectivity index is 1.39. The third kappa shape index (κ3) is 5.46. The number of halogens is 3. The number of benzene rings is 3. The largest absolute Gasteiger partial charge is 0.493 e. The van der Waals surface area contributed by atoms with Gasteiger partial charge in [-0.1, -0.05) is 30.3 Å². The number of ether oxygens (including phenoxy) is 2. The molecule has 210 valence electrons. The van der Waals surface area contributed by atoms with Crippen molar-refractivity contribution >= 4 is 22.5 Å². The zero-order valence-electron chi connectivity index (χ0n) is 22.7. The molecule has 1 amide bonds. The van der Waals surface area contributed by atoms with Gasteiger partial charge in [-0.2, -0.15) is 13.2 Å². The van der Waals surface area contributed by atoms with Crippen molar-refractivity contribution in [2.75, 3.05) is 45.3 Å². The average Bonchev–Trinajstić information content (AvgIpc) is 3.31. The van der Waals surface area contributed by atoms with Crippen LogP contribution in [-0.2, 0) is 18.0 Å². The summed E-state index contributed by atoms with van der Waals surface area (Å²) in [6.45, 7) is 1.79. The predicted molar refractivity (Wildman–Crippen MR) is 149 cm³/mol. The molecule has 40 heavy (non-hydrogen) atoms. The summed E-state index contributed by atoms with van der Waals surface area (Å²) in [4.78, 5) is 17.4. The number of rotatable bonds is 7. The second-order valence-corrected chi connectivity index (χ2v) is 10.00. The maximum atomic E-state index is 13.7. The van der Waals surface area contributed by atoms with E-state index in [-0.39, 0.29) is 18.2 Å². The van der Waals surface area contributed by atoms with Crippen molar-refractivity contribution in [3.63, 3.8) is 0 Å². The first kappa shape index (κ1) is 27.4. The Labute approximate surface area is 231 Å². The number of para-hydroxylation sites is 1. The normalized spacial score (nSPS) is 14.8. The number of amides is 1. The van der Waals surface area contributed by atoms with Gasteiger partial charge in [0.2, 0.25) is 5.91 Å². The number of fused-ring (bicyclic) bond motifs is 1. The summed E-state index contributed by atoms with van der Waals surface area (Å²) in [6.07, 6.45) is -2.08. The van der Waals surface area contributed by atoms with E-state index in [9.17, 15) is 18.0 Å². The molecule has 0 spiro atoms. The highest BCUT2D eigenvalue weighted by Gasteiger charge is 2.32. The second kappa shape index (κ2) is 11.2. The number of hydrogen-bond acceptors (Lipinski definition) is 4. The second-order valence-electron chi connectivity index (χ2n) is 10.00. The molecule has 1 aliphatic rings. The van der Waals surface area contributed by atoms with E-state index in [1.54, 1.807) is 20.3 Å². The summed E-state index contributed by atoms with van der Waals surface area (Å²) < 4.78 is 52.7. The molecular weight excluding hydrogens is 519 g/mol. The van der Waals surface area contributed by atoms with Crippen molar-refractivity contribution in [3.05, 3.63) is 89.6 Å². The standard InChI is InChI=1S/C31H32F3N3O3/c1-35-20-26(24-9-4-5-10-27(24)35)25(21-11-12-28(39-2)29(17-21)40-3)19-30(38)37-15-13-36(14-16-37)23-8-6-7-22(18-23)31(32,33)34/h4-12,17-18,20,25H,13-16,19H2,1-3H3. The first-order chi connectivity index (χ1) is 19.2. The van der Waals surface area contributed by atoms with E-state index in [1.165, 1.54) is 12.1 Å². The smallest absolute Gasteiger partial charge is 0.416 e. The third-order valence-electron chi connectivity index (χ3n) is 7.66. The lowest BCUT2D eigenvalue weighted by molar-refractivity contribution is -0.137. The Morgan fingerprint density at radius 3 is 2.33 bits per heavy atom. The highest BCUT2D eigenvalue weighted by atomic mass is 19.4. The van der Waals surface area contributed by atoms with Crippen molar-refractivity contribution in [3.8, 4) is 11.5 Å². The number of nitrogens with zero attached hydrogens (tertiary/aromatic N) is 3. The zero-order valence-corrected chi connectivity index (χ0v) is 22.7. The van der Waals surface area contributed by atoms with Crippen LogP contribution in [0.15, 0.2) is 72.9 Å². The highest BCUT2D eigenvalue weighted by molar-refractivity contribution is 5.86. The van der Waals surface area contributed by atoms with Crippen molar-refractivity contribution in [1.82, 2.24) is 9.47 Å². The minimum atomic E-state index is -4.39. The van der Waals surface area contributed by atoms with Gasteiger partial charge in [-0.05, 0) is 47.5 Å². The van der Waals surface area contributed by atoms with Crippen LogP contribution in [0.3, 0.4) is 0 Å². The maximum absolute atomic E-state index is 13.7. The molecule has 2 heterocycles. The lowest BCUT2D eigenvalue weighted by Gasteiger charge is -2.37. The minimum absolute atomic E-state index is 0.00332. The van der Waals surface area contributed by atoms with Crippen molar-refractivity contribution < 1.29 is 27.4 Å². The van der Waals surface area contributed by atoms with Crippen LogP contribution in [0.4, 0.5) is 18.9 Å². The predicted octanol–water partition coefficient (Wildman–Crippen LogP) is 6.09. The molecule has 1 unspecified atom stereocenters. The van der Waals surface area contributed by atoms with Crippen LogP contribution in [0.25, 0.3) is 10.9 Å². The van der Waals surface area contributed by atoms with Gasteiger partial charge in [0.1, 0.15) is 0 Å². The number of aromatic nitrogens is 1. The number of carbonyl (C=O) groups is 1. The van der Waals surface area contributed by atoms with Crippen LogP contribution >= 0.6 is 0 Å². The van der Waals surface area contributed by atoms with Gasteiger partial charge in [0.25, 0.3) is 0 Å². The molecule has 5 rings (SSSR count). The van der Waals surface area contributed by atoms with E-state index in [1.807, 2.05) is 47.2 Å². The van der Waals surface area contributed by atoms with Crippen molar-refractivity contribution in [1.29, 1.82) is 0 Å². The van der Waals surface area contributed by atoms with Gasteiger partial charge in [0.15, 0.2) is 11.5 Å². The molecule has 6 nitrogen and oxygen atoms in total. The van der Waals surface area contributed by atoms with Crippen LogP contribution in [-0.4, -0.2) is 55.8 Å². The van der Waals surface area contributed by atoms with Crippen LogP contribution in [0.2, 0.25) is 0 Å². The number of methoxy groups -OCH3 is 2. The molecule has 3 aromatic carbocycles. The number of anilines is 1. The summed E-state index contributed by atoms with van der Waals surface area (Å²) in [5.74, 6) is 0.962. The molecule has 0 bridgehead atoms. The fourth-order valence-corrected chi connectivity index (χ4v) is 5.52. The molecule has 0 radical (unpaired) electrons. The van der Waals surface area contributed by atoms with Crippen molar-refractivity contribution in [2.45, 2.75) is 18.5 Å². The molecule has 1 aromatic heterocycles. The molecule has 1 fully saturated rings. The monoisotopic (exact) mass is 551 g/mol. The summed E-state index contributed by atoms with van der Waals surface area (Å²) in [5, 5.41) is 1.08. The van der Waals surface area contributed by atoms with Crippen LogP contribution < -0.4 is 14.4 Å². The molecule has 0 saturated carbocycles. The first-order valence-electron chi connectivity index (χ1n) is 13.2. The van der Waals surface area contributed by atoms with Gasteiger partial charge in [-0.25, -0.2) is 0 Å². The van der Waals surface area contributed by atoms with Crippen molar-refractivity contribution in [2.24, 2.45) is 7.05 Å². The Bertz CT molecular complexity index is 1510. The van der Waals surface area contributed by atoms with Gasteiger partial charge < -0.3 is 23.8 Å². The molecular formula is C31H32F3N3O3. The fourth-order valence-electron chi connectivity index (χ4n) is 5.52. The number of piperazine rings is 1. The molecule has 1 saturated heterocycles. The Hall–Kier alpha value is -4.14. The van der Waals surface area contributed by atoms with Gasteiger partial charge in [-0.3, -0.25) is 4.79 Å². The highest BCUT2D eigenvalue weighted by Crippen LogP contribution is 2.39. The average molecular weight is 552 g/mol. The molecule has 0 N–H and O–H groups in total. The van der Waals surface area contributed by atoms with Gasteiger partial charge in [-0.15, -0.1) is 0 Å². The van der Waals surface area contributed by atoms with E-state index < -0.39 is 11.7 Å². The maximum Gasteiger partial charge on any atom is 0.416 e. The summed E-state index contributed by atoms with van der Waals surface area (Å²) >= 11 is 0. The molecule has 9 heteroatoms. The topological polar surface area (TPSA) is 46.9 Å². The van der Waals surface area contributed by atoms with E-state index in [4.69, 9.17) is 9.47 Å². The van der Waals surface area contributed by atoms with E-state index in [0.717, 1.165) is 28.1 Å². The Morgan fingerprint density at radius 1 is 0.900 bits per heavy atom. The summed E-state index contributed by atoms with van der Waals surface area (Å²) in [7, 11) is 5.16. The van der Waals surface area contributed by atoms with E-state index in [0.29, 0.717) is 43.4 Å². The van der Waals surface area contributed by atoms with Gasteiger partial charge >= 0.3 is 6.18 Å². The molecule has 4 aromatic rings. The third-order valence-corrected chi connectivity index (χ3v) is 7.66. The lowest BCUT2D eigenvalue weighted by atomic mass is 9.87. The Morgan fingerprint density at radius 2 is 1.62 bits per heavy atom. The first-order valence-corrected chi connectivity index (χ1v) is 13.2. The minimum Gasteiger partial charge on any atom is -0.493 e. The molecule has 1 atom stereocenters. The quantitative estimate of drug-likeness (QED) is 0.279. The zero-order chi connectivity index (χ0) is 28.4.